The molecular formula is C26H21N3O. The molecular weight excluding hydrogens is 370 g/mol. The number of aryl methyl sites for hydroxylation is 2. The molecule has 0 amide bonds. The minimum atomic E-state index is -0.0676. The molecule has 146 valence electrons. The highest BCUT2D eigenvalue weighted by atomic mass is 16.1. The quantitative estimate of drug-likeness (QED) is 0.416. The lowest BCUT2D eigenvalue weighted by Gasteiger charge is -2.11. The Morgan fingerprint density at radius 1 is 0.833 bits per heavy atom. The van der Waals surface area contributed by atoms with Crippen molar-refractivity contribution in [2.45, 2.75) is 6.92 Å². The number of fused-ring (bicyclic) bond motifs is 2. The SMILES string of the molecule is Cc1ccc(-n2c(/C=C/c3cn(C)c4ccccc34)nc3ccccc3c2=O)cc1. The molecule has 30 heavy (non-hydrogen) atoms. The van der Waals surface area contributed by atoms with Crippen LogP contribution in [0.25, 0.3) is 39.6 Å². The van der Waals surface area contributed by atoms with Crippen molar-refractivity contribution in [3.63, 3.8) is 0 Å². The molecule has 4 nitrogen and oxygen atoms in total. The third kappa shape index (κ3) is 3.03. The fraction of sp³-hybridized carbons (Fsp3) is 0.0769. The van der Waals surface area contributed by atoms with Crippen molar-refractivity contribution in [2.24, 2.45) is 7.05 Å². The minimum absolute atomic E-state index is 0.0676. The summed E-state index contributed by atoms with van der Waals surface area (Å²) < 4.78 is 3.79. The van der Waals surface area contributed by atoms with Gasteiger partial charge in [0.15, 0.2) is 0 Å². The number of hydrogen-bond donors (Lipinski definition) is 0. The molecule has 5 aromatic rings. The Morgan fingerprint density at radius 2 is 1.53 bits per heavy atom. The fourth-order valence-electron chi connectivity index (χ4n) is 3.88. The van der Waals surface area contributed by atoms with Gasteiger partial charge in [-0.05, 0) is 49.4 Å². The van der Waals surface area contributed by atoms with Crippen LogP contribution in [-0.2, 0) is 7.05 Å². The lowest BCUT2D eigenvalue weighted by atomic mass is 10.1. The van der Waals surface area contributed by atoms with E-state index in [0.717, 1.165) is 16.8 Å². The Labute approximate surface area is 174 Å². The zero-order chi connectivity index (χ0) is 20.7. The maximum atomic E-state index is 13.3. The van der Waals surface area contributed by atoms with Crippen LogP contribution in [0.3, 0.4) is 0 Å². The Hall–Kier alpha value is -3.92. The predicted octanol–water partition coefficient (Wildman–Crippen LogP) is 5.36. The van der Waals surface area contributed by atoms with Crippen LogP contribution in [0, 0.1) is 6.92 Å². The highest BCUT2D eigenvalue weighted by molar-refractivity contribution is 5.92. The van der Waals surface area contributed by atoms with E-state index >= 15 is 0 Å². The number of benzene rings is 3. The smallest absolute Gasteiger partial charge is 0.266 e. The van der Waals surface area contributed by atoms with E-state index in [1.54, 1.807) is 4.57 Å². The third-order valence-corrected chi connectivity index (χ3v) is 5.43. The first kappa shape index (κ1) is 18.1. The van der Waals surface area contributed by atoms with E-state index in [1.807, 2.05) is 86.8 Å². The van der Waals surface area contributed by atoms with Crippen molar-refractivity contribution in [3.05, 3.63) is 106 Å². The number of hydrogen-bond acceptors (Lipinski definition) is 2. The van der Waals surface area contributed by atoms with Gasteiger partial charge in [0, 0.05) is 29.7 Å². The Kier molecular flexibility index (Phi) is 4.32. The summed E-state index contributed by atoms with van der Waals surface area (Å²) in [5.41, 5.74) is 4.84. The van der Waals surface area contributed by atoms with Crippen LogP contribution in [0.4, 0.5) is 0 Å². The van der Waals surface area contributed by atoms with E-state index in [2.05, 4.69) is 22.9 Å². The van der Waals surface area contributed by atoms with Gasteiger partial charge in [0.1, 0.15) is 5.82 Å². The van der Waals surface area contributed by atoms with E-state index < -0.39 is 0 Å². The van der Waals surface area contributed by atoms with E-state index in [1.165, 1.54) is 10.9 Å². The van der Waals surface area contributed by atoms with Crippen molar-refractivity contribution >= 4 is 34.0 Å². The Morgan fingerprint density at radius 3 is 2.33 bits per heavy atom. The van der Waals surface area contributed by atoms with Crippen molar-refractivity contribution in [1.29, 1.82) is 0 Å². The van der Waals surface area contributed by atoms with Crippen LogP contribution in [0.2, 0.25) is 0 Å². The van der Waals surface area contributed by atoms with Gasteiger partial charge >= 0.3 is 0 Å². The second-order valence-corrected chi connectivity index (χ2v) is 7.51. The molecule has 0 saturated heterocycles. The maximum absolute atomic E-state index is 13.3. The van der Waals surface area contributed by atoms with Crippen LogP contribution in [-0.4, -0.2) is 14.1 Å². The summed E-state index contributed by atoms with van der Waals surface area (Å²) in [5, 5.41) is 1.78. The van der Waals surface area contributed by atoms with Crippen LogP contribution in [0.15, 0.2) is 83.8 Å². The summed E-state index contributed by atoms with van der Waals surface area (Å²) in [6.45, 7) is 2.03. The van der Waals surface area contributed by atoms with Gasteiger partial charge in [0.25, 0.3) is 5.56 Å². The fourth-order valence-corrected chi connectivity index (χ4v) is 3.88. The highest BCUT2D eigenvalue weighted by Crippen LogP contribution is 2.23. The molecule has 0 aliphatic rings. The lowest BCUT2D eigenvalue weighted by molar-refractivity contribution is 0.943. The number of nitrogens with zero attached hydrogens (tertiary/aromatic N) is 3. The largest absolute Gasteiger partial charge is 0.350 e. The molecule has 0 saturated carbocycles. The van der Waals surface area contributed by atoms with Crippen LogP contribution >= 0.6 is 0 Å². The first-order valence-electron chi connectivity index (χ1n) is 9.93. The summed E-state index contributed by atoms with van der Waals surface area (Å²) in [5.74, 6) is 0.607. The molecule has 0 atom stereocenters. The van der Waals surface area contributed by atoms with Crippen LogP contribution in [0.5, 0.6) is 0 Å². The van der Waals surface area contributed by atoms with Gasteiger partial charge in [-0.3, -0.25) is 9.36 Å². The van der Waals surface area contributed by atoms with Gasteiger partial charge < -0.3 is 4.57 Å². The zero-order valence-corrected chi connectivity index (χ0v) is 16.9. The van der Waals surface area contributed by atoms with Gasteiger partial charge in [-0.25, -0.2) is 4.98 Å². The first-order valence-corrected chi connectivity index (χ1v) is 9.93. The molecule has 0 spiro atoms. The van der Waals surface area contributed by atoms with Gasteiger partial charge in [0.2, 0.25) is 0 Å². The summed E-state index contributed by atoms with van der Waals surface area (Å²) in [6.07, 6.45) is 6.05. The second kappa shape index (κ2) is 7.16. The van der Waals surface area contributed by atoms with Crippen molar-refractivity contribution in [2.75, 3.05) is 0 Å². The van der Waals surface area contributed by atoms with Gasteiger partial charge in [-0.15, -0.1) is 0 Å². The monoisotopic (exact) mass is 391 g/mol. The second-order valence-electron chi connectivity index (χ2n) is 7.51. The molecule has 0 aliphatic carbocycles. The Balaban J connectivity index is 1.73. The zero-order valence-electron chi connectivity index (χ0n) is 16.9. The van der Waals surface area contributed by atoms with Crippen molar-refractivity contribution in [1.82, 2.24) is 14.1 Å². The van der Waals surface area contributed by atoms with E-state index in [4.69, 9.17) is 4.98 Å². The predicted molar refractivity (Wildman–Crippen MR) is 124 cm³/mol. The van der Waals surface area contributed by atoms with Crippen molar-refractivity contribution < 1.29 is 0 Å². The topological polar surface area (TPSA) is 39.8 Å². The van der Waals surface area contributed by atoms with Gasteiger partial charge in [-0.1, -0.05) is 48.0 Å². The third-order valence-electron chi connectivity index (χ3n) is 5.43. The molecule has 2 heterocycles. The van der Waals surface area contributed by atoms with E-state index in [-0.39, 0.29) is 5.56 Å². The molecule has 0 radical (unpaired) electrons. The summed E-state index contributed by atoms with van der Waals surface area (Å²) in [4.78, 5) is 18.2. The lowest BCUT2D eigenvalue weighted by Crippen LogP contribution is -2.22. The minimum Gasteiger partial charge on any atom is -0.350 e. The first-order chi connectivity index (χ1) is 14.6. The molecule has 0 bridgehead atoms. The molecule has 2 aromatic heterocycles. The summed E-state index contributed by atoms with van der Waals surface area (Å²) >= 11 is 0. The van der Waals surface area contributed by atoms with E-state index in [9.17, 15) is 4.79 Å². The normalized spacial score (nSPS) is 11.7. The summed E-state index contributed by atoms with van der Waals surface area (Å²) in [6, 6.07) is 23.7. The highest BCUT2D eigenvalue weighted by Gasteiger charge is 2.11. The molecule has 0 unspecified atom stereocenters. The molecule has 0 aliphatic heterocycles. The average Bonchev–Trinajstić information content (AvgIpc) is 3.09. The van der Waals surface area contributed by atoms with Crippen LogP contribution in [0.1, 0.15) is 17.0 Å². The standard InChI is InChI=1S/C26H21N3O/c1-18-11-14-20(15-12-18)29-25(27-23-9-5-3-8-22(23)26(29)30)16-13-19-17-28(2)24-10-6-4-7-21(19)24/h3-17H,1-2H3/b16-13+. The number of rotatable bonds is 3. The van der Waals surface area contributed by atoms with Gasteiger partial charge in [-0.2, -0.15) is 0 Å². The average molecular weight is 391 g/mol. The van der Waals surface area contributed by atoms with Crippen molar-refractivity contribution in [3.8, 4) is 5.69 Å². The van der Waals surface area contributed by atoms with Gasteiger partial charge in [0.05, 0.1) is 16.6 Å². The molecule has 4 heteroatoms. The van der Waals surface area contributed by atoms with E-state index in [0.29, 0.717) is 16.7 Å². The number of para-hydroxylation sites is 2. The molecule has 5 rings (SSSR count). The molecule has 3 aromatic carbocycles. The molecule has 0 N–H and O–H groups in total. The number of aromatic nitrogens is 3. The summed E-state index contributed by atoms with van der Waals surface area (Å²) in [7, 11) is 2.04. The maximum Gasteiger partial charge on any atom is 0.266 e. The van der Waals surface area contributed by atoms with Crippen LogP contribution < -0.4 is 5.56 Å². The Bertz CT molecular complexity index is 1470. The molecule has 0 fully saturated rings.